The highest BCUT2D eigenvalue weighted by Crippen LogP contribution is 2.25. The van der Waals surface area contributed by atoms with Crippen LogP contribution in [0.1, 0.15) is 0 Å². The van der Waals surface area contributed by atoms with E-state index in [2.05, 4.69) is 5.10 Å². The van der Waals surface area contributed by atoms with Gasteiger partial charge >= 0.3 is 0 Å². The van der Waals surface area contributed by atoms with Crippen molar-refractivity contribution in [3.05, 3.63) is 6.20 Å². The van der Waals surface area contributed by atoms with Gasteiger partial charge in [0.2, 0.25) is 15.9 Å². The Labute approximate surface area is 69.0 Å². The molecule has 2 heterocycles. The van der Waals surface area contributed by atoms with Crippen LogP contribution in [0.5, 0.6) is 5.88 Å². The predicted octanol–water partition coefficient (Wildman–Crippen LogP) is -1.08. The number of rotatable bonds is 1. The summed E-state index contributed by atoms with van der Waals surface area (Å²) in [6.07, 6.45) is 1.20. The van der Waals surface area contributed by atoms with E-state index in [1.165, 1.54) is 10.9 Å². The van der Waals surface area contributed by atoms with Gasteiger partial charge in [0, 0.05) is 0 Å². The van der Waals surface area contributed by atoms with Gasteiger partial charge in [-0.3, -0.25) is 0 Å². The van der Waals surface area contributed by atoms with Crippen molar-refractivity contribution in [2.45, 2.75) is 11.4 Å². The quantitative estimate of drug-likeness (QED) is 0.609. The van der Waals surface area contributed by atoms with Crippen molar-refractivity contribution in [1.82, 2.24) is 9.78 Å². The molecule has 0 radical (unpaired) electrons. The third kappa shape index (κ3) is 0.978. The molecule has 1 aromatic rings. The highest BCUT2D eigenvalue weighted by atomic mass is 32.2. The predicted molar refractivity (Wildman–Crippen MR) is 39.1 cm³/mol. The number of hydrogen-bond donors (Lipinski definition) is 1. The van der Waals surface area contributed by atoms with E-state index in [0.717, 1.165) is 0 Å². The zero-order chi connectivity index (χ0) is 8.77. The van der Waals surface area contributed by atoms with E-state index in [1.807, 2.05) is 0 Å². The minimum Gasteiger partial charge on any atom is -0.475 e. The van der Waals surface area contributed by atoms with Crippen molar-refractivity contribution in [3.8, 4) is 5.88 Å². The SMILES string of the molecule is NS(=O)(=O)c1cnn2c1OCC2. The Morgan fingerprint density at radius 3 is 3.08 bits per heavy atom. The van der Waals surface area contributed by atoms with Gasteiger partial charge in [-0.15, -0.1) is 0 Å². The Kier molecular flexibility index (Phi) is 1.39. The van der Waals surface area contributed by atoms with Crippen molar-refractivity contribution >= 4 is 10.0 Å². The summed E-state index contributed by atoms with van der Waals surface area (Å²) in [5, 5.41) is 8.71. The average molecular weight is 189 g/mol. The maximum Gasteiger partial charge on any atom is 0.245 e. The van der Waals surface area contributed by atoms with Crippen LogP contribution in [0.2, 0.25) is 0 Å². The Balaban J connectivity index is 2.61. The number of ether oxygens (including phenoxy) is 1. The lowest BCUT2D eigenvalue weighted by Crippen LogP contribution is -2.12. The van der Waals surface area contributed by atoms with Crippen LogP contribution in [0.3, 0.4) is 0 Å². The Bertz CT molecular complexity index is 408. The molecule has 1 aromatic heterocycles. The third-order valence-corrected chi connectivity index (χ3v) is 2.50. The fraction of sp³-hybridized carbons (Fsp3) is 0.400. The molecule has 0 aromatic carbocycles. The second-order valence-corrected chi connectivity index (χ2v) is 3.96. The van der Waals surface area contributed by atoms with Gasteiger partial charge in [-0.05, 0) is 0 Å². The molecule has 0 fully saturated rings. The van der Waals surface area contributed by atoms with Crippen molar-refractivity contribution < 1.29 is 13.2 Å². The highest BCUT2D eigenvalue weighted by Gasteiger charge is 2.24. The smallest absolute Gasteiger partial charge is 0.245 e. The molecule has 2 N–H and O–H groups in total. The molecule has 0 aliphatic carbocycles. The molecule has 0 saturated carbocycles. The van der Waals surface area contributed by atoms with Gasteiger partial charge in [0.05, 0.1) is 12.7 Å². The number of sulfonamides is 1. The zero-order valence-electron chi connectivity index (χ0n) is 6.10. The molecule has 66 valence electrons. The van der Waals surface area contributed by atoms with Crippen molar-refractivity contribution in [2.24, 2.45) is 5.14 Å². The number of primary sulfonamides is 1. The Hall–Kier alpha value is -1.08. The van der Waals surface area contributed by atoms with Crippen LogP contribution in [0.15, 0.2) is 11.1 Å². The summed E-state index contributed by atoms with van der Waals surface area (Å²) in [4.78, 5) is -0.0417. The van der Waals surface area contributed by atoms with Crippen LogP contribution in [0.25, 0.3) is 0 Å². The molecule has 6 nitrogen and oxygen atoms in total. The Morgan fingerprint density at radius 2 is 2.42 bits per heavy atom. The molecule has 0 unspecified atom stereocenters. The van der Waals surface area contributed by atoms with E-state index in [1.54, 1.807) is 0 Å². The summed E-state index contributed by atoms with van der Waals surface area (Å²) in [6, 6.07) is 0. The molecule has 1 aliphatic heterocycles. The summed E-state index contributed by atoms with van der Waals surface area (Å²) in [7, 11) is -3.69. The van der Waals surface area contributed by atoms with Gasteiger partial charge in [0.1, 0.15) is 6.61 Å². The highest BCUT2D eigenvalue weighted by molar-refractivity contribution is 7.89. The fourth-order valence-electron chi connectivity index (χ4n) is 1.09. The topological polar surface area (TPSA) is 87.2 Å². The zero-order valence-corrected chi connectivity index (χ0v) is 6.91. The molecule has 0 spiro atoms. The van der Waals surface area contributed by atoms with E-state index in [9.17, 15) is 8.42 Å². The minimum atomic E-state index is -3.69. The first-order chi connectivity index (χ1) is 5.59. The normalized spacial score (nSPS) is 15.8. The molecule has 2 rings (SSSR count). The summed E-state index contributed by atoms with van der Waals surface area (Å²) < 4.78 is 28.3. The van der Waals surface area contributed by atoms with Gasteiger partial charge in [-0.25, -0.2) is 18.2 Å². The molecule has 0 atom stereocenters. The van der Waals surface area contributed by atoms with E-state index >= 15 is 0 Å². The second kappa shape index (κ2) is 2.20. The second-order valence-electron chi connectivity index (χ2n) is 2.43. The lowest BCUT2D eigenvalue weighted by molar-refractivity contribution is 0.348. The van der Waals surface area contributed by atoms with E-state index in [0.29, 0.717) is 13.2 Å². The molecular weight excluding hydrogens is 182 g/mol. The van der Waals surface area contributed by atoms with E-state index < -0.39 is 10.0 Å². The average Bonchev–Trinajstić information content (AvgIpc) is 2.37. The monoisotopic (exact) mass is 189 g/mol. The summed E-state index contributed by atoms with van der Waals surface area (Å²) in [5.74, 6) is 0.248. The number of aromatic nitrogens is 2. The lowest BCUT2D eigenvalue weighted by atomic mass is 10.7. The van der Waals surface area contributed by atoms with Gasteiger partial charge in [-0.1, -0.05) is 0 Å². The fourth-order valence-corrected chi connectivity index (χ4v) is 1.69. The largest absolute Gasteiger partial charge is 0.475 e. The van der Waals surface area contributed by atoms with Gasteiger partial charge in [0.25, 0.3) is 0 Å². The van der Waals surface area contributed by atoms with Crippen molar-refractivity contribution in [3.63, 3.8) is 0 Å². The maximum atomic E-state index is 10.9. The first kappa shape index (κ1) is 7.56. The Morgan fingerprint density at radius 1 is 1.67 bits per heavy atom. The third-order valence-electron chi connectivity index (χ3n) is 1.61. The van der Waals surface area contributed by atoms with Gasteiger partial charge in [0.15, 0.2) is 4.90 Å². The van der Waals surface area contributed by atoms with Crippen molar-refractivity contribution in [2.75, 3.05) is 6.61 Å². The van der Waals surface area contributed by atoms with Gasteiger partial charge in [-0.2, -0.15) is 5.10 Å². The van der Waals surface area contributed by atoms with E-state index in [-0.39, 0.29) is 10.8 Å². The number of nitrogens with two attached hydrogens (primary N) is 1. The summed E-state index contributed by atoms with van der Waals surface area (Å²) in [6.45, 7) is 1.02. The summed E-state index contributed by atoms with van der Waals surface area (Å²) >= 11 is 0. The molecule has 0 saturated heterocycles. The molecule has 1 aliphatic rings. The number of fused-ring (bicyclic) bond motifs is 1. The van der Waals surface area contributed by atoms with Crippen LogP contribution in [-0.2, 0) is 16.6 Å². The van der Waals surface area contributed by atoms with Crippen LogP contribution < -0.4 is 9.88 Å². The van der Waals surface area contributed by atoms with E-state index in [4.69, 9.17) is 9.88 Å². The number of nitrogens with zero attached hydrogens (tertiary/aromatic N) is 2. The van der Waals surface area contributed by atoms with Crippen LogP contribution in [0.4, 0.5) is 0 Å². The summed E-state index contributed by atoms with van der Waals surface area (Å²) in [5.41, 5.74) is 0. The minimum absolute atomic E-state index is 0.0417. The first-order valence-electron chi connectivity index (χ1n) is 3.30. The standard InChI is InChI=1S/C5H7N3O3S/c6-12(9,10)4-3-7-8-1-2-11-5(4)8/h3H,1-2H2,(H2,6,9,10). The van der Waals surface area contributed by atoms with Crippen LogP contribution >= 0.6 is 0 Å². The molecule has 12 heavy (non-hydrogen) atoms. The first-order valence-corrected chi connectivity index (χ1v) is 4.85. The molecule has 0 bridgehead atoms. The molecule has 0 amide bonds. The maximum absolute atomic E-state index is 10.9. The van der Waals surface area contributed by atoms with Gasteiger partial charge < -0.3 is 4.74 Å². The lowest BCUT2D eigenvalue weighted by Gasteiger charge is -1.95. The van der Waals surface area contributed by atoms with Crippen LogP contribution in [-0.4, -0.2) is 24.8 Å². The molecular formula is C5H7N3O3S. The van der Waals surface area contributed by atoms with Crippen LogP contribution in [0, 0.1) is 0 Å². The van der Waals surface area contributed by atoms with Crippen molar-refractivity contribution in [1.29, 1.82) is 0 Å². The number of hydrogen-bond acceptors (Lipinski definition) is 4. The molecule has 7 heteroatoms.